The van der Waals surface area contributed by atoms with E-state index in [4.69, 9.17) is 0 Å². The number of methoxy groups -OCH3 is 1. The lowest BCUT2D eigenvalue weighted by Gasteiger charge is -2.17. The van der Waals surface area contributed by atoms with Crippen molar-refractivity contribution in [3.63, 3.8) is 0 Å². The van der Waals surface area contributed by atoms with Crippen LogP contribution in [0.4, 0.5) is 5.69 Å². The van der Waals surface area contributed by atoms with Crippen LogP contribution in [0.2, 0.25) is 0 Å². The van der Waals surface area contributed by atoms with Gasteiger partial charge in [0.05, 0.1) is 17.6 Å². The summed E-state index contributed by atoms with van der Waals surface area (Å²) in [4.78, 5) is 39.9. The van der Waals surface area contributed by atoms with Crippen molar-refractivity contribution in [2.24, 2.45) is 0 Å². The van der Waals surface area contributed by atoms with E-state index in [0.717, 1.165) is 24.8 Å². The summed E-state index contributed by atoms with van der Waals surface area (Å²) in [6.45, 7) is 0.281. The van der Waals surface area contributed by atoms with Gasteiger partial charge in [-0.3, -0.25) is 19.9 Å². The molecule has 1 aromatic heterocycles. The fourth-order valence-corrected chi connectivity index (χ4v) is 2.13. The Kier molecular flexibility index (Phi) is 5.20. The zero-order chi connectivity index (χ0) is 17.7. The molecule has 0 unspecified atom stereocenters. The minimum atomic E-state index is -0.748. The second-order valence-electron chi connectivity index (χ2n) is 5.04. The first-order chi connectivity index (χ1) is 11.4. The Bertz CT molecular complexity index is 777. The van der Waals surface area contributed by atoms with Crippen molar-refractivity contribution in [3.05, 3.63) is 69.5 Å². The monoisotopic (exact) mass is 329 g/mol. The highest BCUT2D eigenvalue weighted by Gasteiger charge is 2.20. The molecule has 1 amide bonds. The number of nitrogens with zero attached hydrogens (tertiary/aromatic N) is 3. The van der Waals surface area contributed by atoms with E-state index in [-0.39, 0.29) is 23.4 Å². The second kappa shape index (κ2) is 7.32. The third-order valence-corrected chi connectivity index (χ3v) is 3.29. The van der Waals surface area contributed by atoms with Crippen LogP contribution in [0.1, 0.15) is 26.3 Å². The van der Waals surface area contributed by atoms with Gasteiger partial charge in [0, 0.05) is 43.7 Å². The van der Waals surface area contributed by atoms with Crippen molar-refractivity contribution < 1.29 is 19.2 Å². The summed E-state index contributed by atoms with van der Waals surface area (Å²) in [5, 5.41) is 11.0. The van der Waals surface area contributed by atoms with E-state index in [1.807, 2.05) is 6.07 Å². The first-order valence-corrected chi connectivity index (χ1v) is 6.94. The summed E-state index contributed by atoms with van der Waals surface area (Å²) >= 11 is 0. The fraction of sp³-hybridized carbons (Fsp3) is 0.188. The molecule has 0 saturated heterocycles. The number of aromatic nitrogens is 1. The number of hydrogen-bond acceptors (Lipinski definition) is 6. The topological polar surface area (TPSA) is 103 Å². The number of rotatable bonds is 5. The number of carbonyl (C=O) groups is 2. The smallest absolute Gasteiger partial charge is 0.338 e. The number of nitro groups is 1. The molecule has 24 heavy (non-hydrogen) atoms. The van der Waals surface area contributed by atoms with Crippen molar-refractivity contribution in [2.75, 3.05) is 14.2 Å². The first-order valence-electron chi connectivity index (χ1n) is 6.94. The Hall–Kier alpha value is -3.29. The molecule has 0 aliphatic heterocycles. The number of carbonyl (C=O) groups excluding carboxylic acids is 2. The molecular formula is C16H15N3O5. The Labute approximate surface area is 137 Å². The summed E-state index contributed by atoms with van der Waals surface area (Å²) in [7, 11) is 2.73. The molecule has 0 aliphatic carbocycles. The molecule has 0 fully saturated rings. The van der Waals surface area contributed by atoms with Crippen molar-refractivity contribution >= 4 is 17.6 Å². The summed E-state index contributed by atoms with van der Waals surface area (Å²) in [6, 6.07) is 7.04. The van der Waals surface area contributed by atoms with Crippen LogP contribution in [-0.2, 0) is 11.3 Å². The molecule has 2 aromatic rings. The van der Waals surface area contributed by atoms with Crippen molar-refractivity contribution in [2.45, 2.75) is 6.54 Å². The predicted molar refractivity (Wildman–Crippen MR) is 84.5 cm³/mol. The Morgan fingerprint density at radius 2 is 2.00 bits per heavy atom. The van der Waals surface area contributed by atoms with Crippen molar-refractivity contribution in [1.29, 1.82) is 0 Å². The Morgan fingerprint density at radius 3 is 2.58 bits per heavy atom. The van der Waals surface area contributed by atoms with E-state index in [0.29, 0.717) is 0 Å². The standard InChI is InChI=1S/C16H15N3O5/c1-18(10-11-4-3-5-17-9-11)15(20)12-6-13(16(21)24-2)8-14(7-12)19(22)23/h3-9H,10H2,1-2H3. The van der Waals surface area contributed by atoms with Crippen LogP contribution >= 0.6 is 0 Å². The molecule has 0 saturated carbocycles. The van der Waals surface area contributed by atoms with E-state index < -0.39 is 16.8 Å². The zero-order valence-corrected chi connectivity index (χ0v) is 13.1. The minimum absolute atomic E-state index is 0.0380. The van der Waals surface area contributed by atoms with E-state index in [1.165, 1.54) is 11.0 Å². The average Bonchev–Trinajstić information content (AvgIpc) is 2.60. The molecule has 0 bridgehead atoms. The van der Waals surface area contributed by atoms with Crippen molar-refractivity contribution in [1.82, 2.24) is 9.88 Å². The van der Waals surface area contributed by atoms with Gasteiger partial charge in [-0.1, -0.05) is 6.07 Å². The number of benzene rings is 1. The van der Waals surface area contributed by atoms with Crippen molar-refractivity contribution in [3.8, 4) is 0 Å². The molecule has 124 valence electrons. The molecule has 0 radical (unpaired) electrons. The quantitative estimate of drug-likeness (QED) is 0.472. The first kappa shape index (κ1) is 17.1. The summed E-state index contributed by atoms with van der Waals surface area (Å²) in [5.41, 5.74) is 0.448. The highest BCUT2D eigenvalue weighted by molar-refractivity contribution is 5.98. The lowest BCUT2D eigenvalue weighted by Crippen LogP contribution is -2.26. The molecule has 8 nitrogen and oxygen atoms in total. The van der Waals surface area contributed by atoms with Gasteiger partial charge in [-0.05, 0) is 17.7 Å². The van der Waals surface area contributed by atoms with Crippen LogP contribution < -0.4 is 0 Å². The highest BCUT2D eigenvalue weighted by atomic mass is 16.6. The minimum Gasteiger partial charge on any atom is -0.465 e. The molecule has 8 heteroatoms. The van der Waals surface area contributed by atoms with E-state index in [1.54, 1.807) is 25.5 Å². The normalized spacial score (nSPS) is 10.1. The largest absolute Gasteiger partial charge is 0.465 e. The number of nitro benzene ring substituents is 1. The van der Waals surface area contributed by atoms with E-state index in [9.17, 15) is 19.7 Å². The summed E-state index contributed by atoms with van der Waals surface area (Å²) in [6.07, 6.45) is 3.24. The molecule has 1 aromatic carbocycles. The van der Waals surface area contributed by atoms with Gasteiger partial charge < -0.3 is 9.64 Å². The Morgan fingerprint density at radius 1 is 1.29 bits per heavy atom. The number of non-ortho nitro benzene ring substituents is 1. The number of amides is 1. The van der Waals surface area contributed by atoms with Gasteiger partial charge in [-0.2, -0.15) is 0 Å². The van der Waals surface area contributed by atoms with Crippen LogP contribution in [0.25, 0.3) is 0 Å². The maximum Gasteiger partial charge on any atom is 0.338 e. The van der Waals surface area contributed by atoms with E-state index >= 15 is 0 Å². The van der Waals surface area contributed by atoms with Crippen LogP contribution in [0.5, 0.6) is 0 Å². The van der Waals surface area contributed by atoms with Crippen LogP contribution in [0.3, 0.4) is 0 Å². The molecule has 2 rings (SSSR count). The molecule has 1 heterocycles. The summed E-state index contributed by atoms with van der Waals surface area (Å²) < 4.78 is 4.57. The van der Waals surface area contributed by atoms with Gasteiger partial charge in [0.15, 0.2) is 0 Å². The molecule has 0 spiro atoms. The van der Waals surface area contributed by atoms with Gasteiger partial charge in [0.2, 0.25) is 0 Å². The lowest BCUT2D eigenvalue weighted by molar-refractivity contribution is -0.384. The lowest BCUT2D eigenvalue weighted by atomic mass is 10.1. The van der Waals surface area contributed by atoms with Gasteiger partial charge in [-0.15, -0.1) is 0 Å². The van der Waals surface area contributed by atoms with Crippen LogP contribution in [0.15, 0.2) is 42.7 Å². The van der Waals surface area contributed by atoms with Gasteiger partial charge in [0.25, 0.3) is 11.6 Å². The third-order valence-electron chi connectivity index (χ3n) is 3.29. The number of ether oxygens (including phenoxy) is 1. The zero-order valence-electron chi connectivity index (χ0n) is 13.1. The number of hydrogen-bond donors (Lipinski definition) is 0. The maximum atomic E-state index is 12.5. The SMILES string of the molecule is COC(=O)c1cc(C(=O)N(C)Cc2cccnc2)cc([N+](=O)[O-])c1. The van der Waals surface area contributed by atoms with Gasteiger partial charge in [0.1, 0.15) is 0 Å². The van der Waals surface area contributed by atoms with Crippen LogP contribution in [0, 0.1) is 10.1 Å². The maximum absolute atomic E-state index is 12.5. The number of pyridine rings is 1. The Balaban J connectivity index is 2.32. The predicted octanol–water partition coefficient (Wildman–Crippen LogP) is 2.05. The van der Waals surface area contributed by atoms with Gasteiger partial charge in [-0.25, -0.2) is 4.79 Å². The molecule has 0 N–H and O–H groups in total. The fourth-order valence-electron chi connectivity index (χ4n) is 2.13. The number of esters is 1. The third kappa shape index (κ3) is 3.92. The van der Waals surface area contributed by atoms with Gasteiger partial charge >= 0.3 is 5.97 Å². The molecule has 0 aliphatic rings. The average molecular weight is 329 g/mol. The van der Waals surface area contributed by atoms with Crippen LogP contribution in [-0.4, -0.2) is 40.8 Å². The van der Waals surface area contributed by atoms with E-state index in [2.05, 4.69) is 9.72 Å². The second-order valence-corrected chi connectivity index (χ2v) is 5.04. The summed E-state index contributed by atoms with van der Waals surface area (Å²) in [5.74, 6) is -1.20. The molecular weight excluding hydrogens is 314 g/mol. The molecule has 0 atom stereocenters. The highest BCUT2D eigenvalue weighted by Crippen LogP contribution is 2.19.